The lowest BCUT2D eigenvalue weighted by molar-refractivity contribution is 0.0249. The molecular formula is C10H14N4. The molecule has 0 N–H and O–H groups in total. The van der Waals surface area contributed by atoms with E-state index in [2.05, 4.69) is 58.5 Å². The summed E-state index contributed by atoms with van der Waals surface area (Å²) in [5.41, 5.74) is 2.56. The average Bonchev–Trinajstić information content (AvgIpc) is 2.65. The molecular weight excluding hydrogens is 176 g/mol. The summed E-state index contributed by atoms with van der Waals surface area (Å²) in [5, 5.41) is 4.60. The Balaban J connectivity index is 1.96. The molecule has 0 aromatic rings. The molecule has 0 fully saturated rings. The molecule has 4 nitrogen and oxygen atoms in total. The molecule has 0 saturated heterocycles. The molecule has 0 aromatic heterocycles. The van der Waals surface area contributed by atoms with Crippen LogP contribution in [0.1, 0.15) is 0 Å². The van der Waals surface area contributed by atoms with E-state index < -0.39 is 0 Å². The Morgan fingerprint density at radius 1 is 0.857 bits per heavy atom. The minimum atomic E-state index is 0.949. The van der Waals surface area contributed by atoms with Crippen LogP contribution < -0.4 is 0 Å². The van der Waals surface area contributed by atoms with E-state index in [0.717, 1.165) is 13.3 Å². The van der Waals surface area contributed by atoms with Gasteiger partial charge >= 0.3 is 0 Å². The Kier molecular flexibility index (Phi) is 1.37. The van der Waals surface area contributed by atoms with E-state index in [-0.39, 0.29) is 0 Å². The minimum Gasteiger partial charge on any atom is -0.359 e. The van der Waals surface area contributed by atoms with E-state index in [1.165, 1.54) is 11.4 Å². The van der Waals surface area contributed by atoms with Gasteiger partial charge in [-0.05, 0) is 12.2 Å². The molecule has 3 aliphatic heterocycles. The van der Waals surface area contributed by atoms with Crippen LogP contribution >= 0.6 is 0 Å². The van der Waals surface area contributed by atoms with Gasteiger partial charge in [0, 0.05) is 26.5 Å². The number of nitrogens with zero attached hydrogens (tertiary/aromatic N) is 4. The third kappa shape index (κ3) is 0.937. The Labute approximate surface area is 83.9 Å². The van der Waals surface area contributed by atoms with E-state index in [0.29, 0.717) is 0 Å². The SMILES string of the molecule is CN1C=C2C=CC3=CN(C)CN3N2C1. The van der Waals surface area contributed by atoms with E-state index in [1.54, 1.807) is 0 Å². The summed E-state index contributed by atoms with van der Waals surface area (Å²) < 4.78 is 0. The van der Waals surface area contributed by atoms with Crippen molar-refractivity contribution in [1.29, 1.82) is 0 Å². The zero-order valence-electron chi connectivity index (χ0n) is 8.51. The third-order valence-corrected chi connectivity index (χ3v) is 2.73. The van der Waals surface area contributed by atoms with Crippen molar-refractivity contribution in [3.63, 3.8) is 0 Å². The third-order valence-electron chi connectivity index (χ3n) is 2.73. The van der Waals surface area contributed by atoms with Crippen molar-refractivity contribution < 1.29 is 0 Å². The molecule has 3 rings (SSSR count). The summed E-state index contributed by atoms with van der Waals surface area (Å²) in [6.45, 7) is 1.90. The Morgan fingerprint density at radius 2 is 1.29 bits per heavy atom. The van der Waals surface area contributed by atoms with Gasteiger partial charge in [-0.15, -0.1) is 0 Å². The normalized spacial score (nSPS) is 23.9. The fraction of sp³-hybridized carbons (Fsp3) is 0.400. The van der Waals surface area contributed by atoms with Gasteiger partial charge in [-0.2, -0.15) is 0 Å². The van der Waals surface area contributed by atoms with E-state index in [9.17, 15) is 0 Å². The number of hydrogen-bond donors (Lipinski definition) is 0. The molecule has 74 valence electrons. The van der Waals surface area contributed by atoms with Gasteiger partial charge in [0.1, 0.15) is 13.3 Å². The fourth-order valence-corrected chi connectivity index (χ4v) is 2.11. The van der Waals surface area contributed by atoms with Crippen molar-refractivity contribution in [3.05, 3.63) is 35.9 Å². The van der Waals surface area contributed by atoms with Gasteiger partial charge in [0.25, 0.3) is 0 Å². The zero-order chi connectivity index (χ0) is 9.71. The topological polar surface area (TPSA) is 13.0 Å². The van der Waals surface area contributed by atoms with Gasteiger partial charge in [0.05, 0.1) is 11.4 Å². The number of allylic oxidation sites excluding steroid dienone is 2. The van der Waals surface area contributed by atoms with E-state index >= 15 is 0 Å². The second-order valence-corrected chi connectivity index (χ2v) is 4.04. The first-order valence-electron chi connectivity index (χ1n) is 4.81. The van der Waals surface area contributed by atoms with Crippen LogP contribution in [-0.2, 0) is 0 Å². The van der Waals surface area contributed by atoms with Crippen molar-refractivity contribution in [2.24, 2.45) is 0 Å². The van der Waals surface area contributed by atoms with E-state index in [1.807, 2.05) is 0 Å². The summed E-state index contributed by atoms with van der Waals surface area (Å²) in [4.78, 5) is 4.39. The van der Waals surface area contributed by atoms with Crippen molar-refractivity contribution >= 4 is 0 Å². The fourth-order valence-electron chi connectivity index (χ4n) is 2.11. The number of hydrogen-bond acceptors (Lipinski definition) is 4. The zero-order valence-corrected chi connectivity index (χ0v) is 8.51. The van der Waals surface area contributed by atoms with Gasteiger partial charge in [-0.1, -0.05) is 0 Å². The highest BCUT2D eigenvalue weighted by Crippen LogP contribution is 2.30. The first-order chi connectivity index (χ1) is 6.74. The predicted molar refractivity (Wildman–Crippen MR) is 54.2 cm³/mol. The van der Waals surface area contributed by atoms with Crippen molar-refractivity contribution in [1.82, 2.24) is 19.8 Å². The maximum Gasteiger partial charge on any atom is 0.110 e. The average molecular weight is 190 g/mol. The second kappa shape index (κ2) is 2.47. The van der Waals surface area contributed by atoms with Crippen LogP contribution in [0, 0.1) is 0 Å². The Bertz CT molecular complexity index is 321. The van der Waals surface area contributed by atoms with Crippen molar-refractivity contribution in [3.8, 4) is 0 Å². The van der Waals surface area contributed by atoms with Crippen LogP contribution in [0.25, 0.3) is 0 Å². The number of fused-ring (bicyclic) bond motifs is 3. The van der Waals surface area contributed by atoms with Crippen LogP contribution in [0.15, 0.2) is 35.9 Å². The predicted octanol–water partition coefficient (Wildman–Crippen LogP) is 0.564. The lowest BCUT2D eigenvalue weighted by Crippen LogP contribution is -2.42. The lowest BCUT2D eigenvalue weighted by Gasteiger charge is -2.36. The highest BCUT2D eigenvalue weighted by atomic mass is 15.7. The summed E-state index contributed by atoms with van der Waals surface area (Å²) in [6.07, 6.45) is 8.69. The van der Waals surface area contributed by atoms with Crippen molar-refractivity contribution in [2.45, 2.75) is 0 Å². The van der Waals surface area contributed by atoms with Gasteiger partial charge in [0.15, 0.2) is 0 Å². The second-order valence-electron chi connectivity index (χ2n) is 4.04. The van der Waals surface area contributed by atoms with Gasteiger partial charge in [-0.3, -0.25) is 10.0 Å². The molecule has 0 unspecified atom stereocenters. The van der Waals surface area contributed by atoms with Gasteiger partial charge < -0.3 is 9.80 Å². The molecule has 0 atom stereocenters. The molecule has 0 bridgehead atoms. The van der Waals surface area contributed by atoms with Gasteiger partial charge in [0.2, 0.25) is 0 Å². The summed E-state index contributed by atoms with van der Waals surface area (Å²) in [5.74, 6) is 0. The number of hydrazine groups is 1. The lowest BCUT2D eigenvalue weighted by atomic mass is 10.3. The maximum absolute atomic E-state index is 2.30. The highest BCUT2D eigenvalue weighted by molar-refractivity contribution is 5.33. The Hall–Kier alpha value is -1.58. The van der Waals surface area contributed by atoms with Crippen molar-refractivity contribution in [2.75, 3.05) is 27.4 Å². The van der Waals surface area contributed by atoms with Crippen LogP contribution in [0.5, 0.6) is 0 Å². The summed E-state index contributed by atoms with van der Waals surface area (Å²) in [7, 11) is 4.20. The standard InChI is InChI=1S/C10H14N4/c1-11-5-9-3-4-10-6-12(2)8-14(10)13(9)7-11/h3-6H,7-8H2,1-2H3. The first kappa shape index (κ1) is 7.79. The largest absolute Gasteiger partial charge is 0.359 e. The molecule has 0 amide bonds. The molecule has 0 aromatic carbocycles. The minimum absolute atomic E-state index is 0.949. The van der Waals surface area contributed by atoms with Crippen LogP contribution in [0.2, 0.25) is 0 Å². The molecule has 0 aliphatic carbocycles. The van der Waals surface area contributed by atoms with Crippen LogP contribution in [0.4, 0.5) is 0 Å². The molecule has 0 radical (unpaired) electrons. The summed E-state index contributed by atoms with van der Waals surface area (Å²) >= 11 is 0. The van der Waals surface area contributed by atoms with E-state index in [4.69, 9.17) is 0 Å². The number of rotatable bonds is 0. The molecule has 0 spiro atoms. The Morgan fingerprint density at radius 3 is 1.71 bits per heavy atom. The first-order valence-corrected chi connectivity index (χ1v) is 4.81. The molecule has 14 heavy (non-hydrogen) atoms. The summed E-state index contributed by atoms with van der Waals surface area (Å²) in [6, 6.07) is 0. The molecule has 0 saturated carbocycles. The monoisotopic (exact) mass is 190 g/mol. The molecule has 3 aliphatic rings. The molecule has 3 heterocycles. The maximum atomic E-state index is 2.30. The molecule has 4 heteroatoms. The van der Waals surface area contributed by atoms with Gasteiger partial charge in [-0.25, -0.2) is 0 Å². The quantitative estimate of drug-likeness (QED) is 0.553. The smallest absolute Gasteiger partial charge is 0.110 e. The van der Waals surface area contributed by atoms with Crippen LogP contribution in [0.3, 0.4) is 0 Å². The van der Waals surface area contributed by atoms with Crippen LogP contribution in [-0.4, -0.2) is 47.3 Å². The highest BCUT2D eigenvalue weighted by Gasteiger charge is 2.30.